The summed E-state index contributed by atoms with van der Waals surface area (Å²) < 4.78 is 30.0. The van der Waals surface area contributed by atoms with Crippen molar-refractivity contribution in [2.45, 2.75) is 17.7 Å². The second-order valence-corrected chi connectivity index (χ2v) is 6.18. The Morgan fingerprint density at radius 3 is 2.45 bits per heavy atom. The Kier molecular flexibility index (Phi) is 5.67. The fourth-order valence-electron chi connectivity index (χ4n) is 1.53. The van der Waals surface area contributed by atoms with Crippen LogP contribution in [0.4, 0.5) is 0 Å². The Labute approximate surface area is 118 Å². The highest BCUT2D eigenvalue weighted by Gasteiger charge is 2.20. The summed E-state index contributed by atoms with van der Waals surface area (Å²) in [6.45, 7) is 0.142. The third-order valence-corrected chi connectivity index (χ3v) is 4.62. The highest BCUT2D eigenvalue weighted by atomic mass is 32.2. The lowest BCUT2D eigenvalue weighted by Gasteiger charge is -2.15. The molecule has 0 aromatic heterocycles. The molecule has 0 bridgehead atoms. The zero-order chi connectivity index (χ0) is 15.2. The molecular formula is C13H16N2O4S. The molecule has 1 aromatic carbocycles. The molecule has 0 amide bonds. The van der Waals surface area contributed by atoms with Crippen LogP contribution in [-0.2, 0) is 26.0 Å². The molecule has 1 aromatic rings. The predicted molar refractivity (Wildman–Crippen MR) is 72.2 cm³/mol. The zero-order valence-electron chi connectivity index (χ0n) is 11.4. The predicted octanol–water partition coefficient (Wildman–Crippen LogP) is 0.936. The number of sulfonamides is 1. The Morgan fingerprint density at radius 2 is 1.95 bits per heavy atom. The van der Waals surface area contributed by atoms with Gasteiger partial charge in [-0.25, -0.2) is 8.42 Å². The lowest BCUT2D eigenvalue weighted by molar-refractivity contribution is -0.139. The van der Waals surface area contributed by atoms with Crippen LogP contribution in [0.1, 0.15) is 12.0 Å². The summed E-state index contributed by atoms with van der Waals surface area (Å²) in [5.74, 6) is -0.383. The normalized spacial score (nSPS) is 11.1. The number of ether oxygens (including phenoxy) is 1. The minimum atomic E-state index is -3.60. The van der Waals surface area contributed by atoms with Gasteiger partial charge in [-0.05, 0) is 17.7 Å². The van der Waals surface area contributed by atoms with E-state index in [9.17, 15) is 13.2 Å². The average molecular weight is 296 g/mol. The van der Waals surface area contributed by atoms with Gasteiger partial charge >= 0.3 is 5.97 Å². The fraction of sp³-hybridized carbons (Fsp3) is 0.385. The molecule has 0 heterocycles. The first-order valence-electron chi connectivity index (χ1n) is 5.91. The Balaban J connectivity index is 2.87. The third kappa shape index (κ3) is 4.05. The van der Waals surface area contributed by atoms with Crippen LogP contribution < -0.4 is 0 Å². The van der Waals surface area contributed by atoms with E-state index in [0.29, 0.717) is 5.56 Å². The van der Waals surface area contributed by atoms with Crippen molar-refractivity contribution < 1.29 is 17.9 Å². The second-order valence-electron chi connectivity index (χ2n) is 4.13. The molecule has 7 heteroatoms. The number of nitriles is 1. The molecule has 0 aliphatic heterocycles. The van der Waals surface area contributed by atoms with Gasteiger partial charge in [-0.2, -0.15) is 9.57 Å². The van der Waals surface area contributed by atoms with E-state index in [1.165, 1.54) is 26.3 Å². The molecule has 0 atom stereocenters. The Morgan fingerprint density at radius 1 is 1.35 bits per heavy atom. The number of nitrogens with zero attached hydrogens (tertiary/aromatic N) is 2. The van der Waals surface area contributed by atoms with Crippen molar-refractivity contribution >= 4 is 16.0 Å². The second kappa shape index (κ2) is 7.03. The van der Waals surface area contributed by atoms with E-state index in [0.717, 1.165) is 4.31 Å². The van der Waals surface area contributed by atoms with Crippen LogP contribution in [-0.4, -0.2) is 39.4 Å². The molecule has 0 radical (unpaired) electrons. The van der Waals surface area contributed by atoms with Gasteiger partial charge in [0.15, 0.2) is 0 Å². The van der Waals surface area contributed by atoms with E-state index < -0.39 is 10.0 Å². The molecule has 0 fully saturated rings. The highest BCUT2D eigenvalue weighted by molar-refractivity contribution is 7.89. The summed E-state index contributed by atoms with van der Waals surface area (Å²) in [5.41, 5.74) is 0.676. The van der Waals surface area contributed by atoms with Crippen LogP contribution in [0.15, 0.2) is 29.2 Å². The molecule has 0 saturated carbocycles. The summed E-state index contributed by atoms with van der Waals surface area (Å²) in [7, 11) is -0.873. The maximum absolute atomic E-state index is 12.2. The van der Waals surface area contributed by atoms with Crippen LogP contribution in [0.25, 0.3) is 0 Å². The molecule has 0 N–H and O–H groups in total. The van der Waals surface area contributed by atoms with Crippen molar-refractivity contribution in [3.63, 3.8) is 0 Å². The van der Waals surface area contributed by atoms with Crippen molar-refractivity contribution in [2.24, 2.45) is 0 Å². The smallest absolute Gasteiger partial charge is 0.309 e. The third-order valence-electron chi connectivity index (χ3n) is 2.75. The van der Waals surface area contributed by atoms with E-state index in [4.69, 9.17) is 5.26 Å². The van der Waals surface area contributed by atoms with Crippen LogP contribution in [0, 0.1) is 11.3 Å². The largest absolute Gasteiger partial charge is 0.469 e. The lowest BCUT2D eigenvalue weighted by Crippen LogP contribution is -2.27. The first kappa shape index (κ1) is 16.1. The average Bonchev–Trinajstić information content (AvgIpc) is 2.45. The summed E-state index contributed by atoms with van der Waals surface area (Å²) >= 11 is 0. The minimum absolute atomic E-state index is 0.0983. The highest BCUT2D eigenvalue weighted by Crippen LogP contribution is 2.15. The molecule has 6 nitrogen and oxygen atoms in total. The lowest BCUT2D eigenvalue weighted by atomic mass is 10.2. The number of methoxy groups -OCH3 is 1. The maximum atomic E-state index is 12.2. The molecule has 0 saturated heterocycles. The summed E-state index contributed by atoms with van der Waals surface area (Å²) in [6.07, 6.45) is 0.233. The Bertz CT molecular complexity index is 602. The fourth-order valence-corrected chi connectivity index (χ4v) is 2.70. The van der Waals surface area contributed by atoms with Gasteiger partial charge in [-0.3, -0.25) is 4.79 Å². The van der Waals surface area contributed by atoms with E-state index >= 15 is 0 Å². The van der Waals surface area contributed by atoms with Crippen molar-refractivity contribution in [1.82, 2.24) is 4.31 Å². The van der Waals surface area contributed by atoms with Gasteiger partial charge in [0.2, 0.25) is 10.0 Å². The van der Waals surface area contributed by atoms with Gasteiger partial charge in [-0.1, -0.05) is 12.1 Å². The Hall–Kier alpha value is -1.91. The van der Waals surface area contributed by atoms with Crippen LogP contribution in [0.5, 0.6) is 0 Å². The van der Waals surface area contributed by atoms with Gasteiger partial charge < -0.3 is 4.74 Å². The van der Waals surface area contributed by atoms with Gasteiger partial charge in [0, 0.05) is 20.0 Å². The van der Waals surface area contributed by atoms with Gasteiger partial charge in [0.25, 0.3) is 0 Å². The molecule has 108 valence electrons. The van der Waals surface area contributed by atoms with Crippen molar-refractivity contribution in [3.05, 3.63) is 29.8 Å². The minimum Gasteiger partial charge on any atom is -0.469 e. The first-order chi connectivity index (χ1) is 9.41. The summed E-state index contributed by atoms with van der Waals surface area (Å²) in [5, 5.41) is 8.48. The molecule has 0 unspecified atom stereocenters. The molecule has 1 rings (SSSR count). The maximum Gasteiger partial charge on any atom is 0.309 e. The van der Waals surface area contributed by atoms with Crippen LogP contribution in [0.3, 0.4) is 0 Å². The van der Waals surface area contributed by atoms with Crippen molar-refractivity contribution in [3.8, 4) is 6.07 Å². The number of carbonyl (C=O) groups is 1. The zero-order valence-corrected chi connectivity index (χ0v) is 12.2. The number of rotatable bonds is 6. The molecule has 0 spiro atoms. The van der Waals surface area contributed by atoms with Crippen molar-refractivity contribution in [1.29, 1.82) is 5.26 Å². The molecule has 0 aliphatic rings. The van der Waals surface area contributed by atoms with Gasteiger partial charge in [-0.15, -0.1) is 0 Å². The standard InChI is InChI=1S/C13H16N2O4S/c1-15(9-3-8-14)20(17,18)12-6-4-11(5-7-12)10-13(16)19-2/h4-7H,3,9-10H2,1-2H3. The van der Waals surface area contributed by atoms with E-state index in [1.54, 1.807) is 12.1 Å². The van der Waals surface area contributed by atoms with Crippen LogP contribution >= 0.6 is 0 Å². The first-order valence-corrected chi connectivity index (χ1v) is 7.35. The van der Waals surface area contributed by atoms with E-state index in [-0.39, 0.29) is 30.3 Å². The van der Waals surface area contributed by atoms with E-state index in [1.807, 2.05) is 6.07 Å². The van der Waals surface area contributed by atoms with Gasteiger partial charge in [0.1, 0.15) is 0 Å². The summed E-state index contributed by atoms with van der Waals surface area (Å²) in [6, 6.07) is 7.93. The molecular weight excluding hydrogens is 280 g/mol. The van der Waals surface area contributed by atoms with Crippen LogP contribution in [0.2, 0.25) is 0 Å². The number of hydrogen-bond acceptors (Lipinski definition) is 5. The SMILES string of the molecule is COC(=O)Cc1ccc(S(=O)(=O)N(C)CCC#N)cc1. The number of hydrogen-bond donors (Lipinski definition) is 0. The van der Waals surface area contributed by atoms with E-state index in [2.05, 4.69) is 4.74 Å². The molecule has 0 aliphatic carbocycles. The summed E-state index contributed by atoms with van der Waals surface area (Å²) in [4.78, 5) is 11.2. The van der Waals surface area contributed by atoms with Crippen molar-refractivity contribution in [2.75, 3.05) is 20.7 Å². The number of esters is 1. The molecule has 20 heavy (non-hydrogen) atoms. The number of benzene rings is 1. The van der Waals surface area contributed by atoms with Gasteiger partial charge in [0.05, 0.1) is 24.5 Å². The quantitative estimate of drug-likeness (QED) is 0.729. The number of carbonyl (C=O) groups excluding carboxylic acids is 1. The monoisotopic (exact) mass is 296 g/mol. The topological polar surface area (TPSA) is 87.5 Å².